The van der Waals surface area contributed by atoms with Crippen LogP contribution in [0.3, 0.4) is 0 Å². The Labute approximate surface area is 94.9 Å². The van der Waals surface area contributed by atoms with Gasteiger partial charge in [0.2, 0.25) is 0 Å². The van der Waals surface area contributed by atoms with Gasteiger partial charge in [-0.1, -0.05) is 11.6 Å². The molecular weight excluding hydrogens is 241 g/mol. The average Bonchev–Trinajstić information content (AvgIpc) is 2.18. The zero-order valence-corrected chi connectivity index (χ0v) is 8.73. The van der Waals surface area contributed by atoms with Crippen molar-refractivity contribution in [1.82, 2.24) is 5.32 Å². The summed E-state index contributed by atoms with van der Waals surface area (Å²) in [5.41, 5.74) is 5.04. The summed E-state index contributed by atoms with van der Waals surface area (Å²) in [6.45, 7) is 0. The third-order valence-corrected chi connectivity index (χ3v) is 2.70. The van der Waals surface area contributed by atoms with E-state index in [1.54, 1.807) is 12.3 Å². The van der Waals surface area contributed by atoms with Gasteiger partial charge in [0.15, 0.2) is 0 Å². The molecule has 3 N–H and O–H groups in total. The van der Waals surface area contributed by atoms with Crippen LogP contribution in [0.25, 0.3) is 6.08 Å². The maximum Gasteiger partial charge on any atom is 0.416 e. The first-order valence-corrected chi connectivity index (χ1v) is 4.90. The summed E-state index contributed by atoms with van der Waals surface area (Å²) in [4.78, 5) is 0. The van der Waals surface area contributed by atoms with Gasteiger partial charge in [-0.15, -0.1) is 0 Å². The van der Waals surface area contributed by atoms with Crippen molar-refractivity contribution >= 4 is 23.4 Å². The number of fused-ring (bicyclic) bond motifs is 1. The number of hydrogen-bond acceptors (Lipinski definition) is 2. The summed E-state index contributed by atoms with van der Waals surface area (Å²) in [5.74, 6) is 0. The lowest BCUT2D eigenvalue weighted by Gasteiger charge is -2.21. The van der Waals surface area contributed by atoms with Crippen molar-refractivity contribution in [2.24, 2.45) is 0 Å². The Morgan fingerprint density at radius 2 is 2.00 bits per heavy atom. The van der Waals surface area contributed by atoms with Crippen LogP contribution in [0.15, 0.2) is 18.3 Å². The molecule has 1 atom stereocenters. The zero-order valence-electron chi connectivity index (χ0n) is 7.98. The van der Waals surface area contributed by atoms with E-state index in [1.807, 2.05) is 0 Å². The van der Waals surface area contributed by atoms with Gasteiger partial charge in [-0.25, -0.2) is 0 Å². The van der Waals surface area contributed by atoms with Gasteiger partial charge in [0.25, 0.3) is 0 Å². The van der Waals surface area contributed by atoms with E-state index in [0.717, 1.165) is 12.1 Å². The van der Waals surface area contributed by atoms with Crippen molar-refractivity contribution in [3.63, 3.8) is 0 Å². The number of rotatable bonds is 0. The second-order valence-corrected chi connectivity index (χ2v) is 3.87. The maximum absolute atomic E-state index is 12.5. The number of nitrogen functional groups attached to an aromatic ring is 1. The van der Waals surface area contributed by atoms with Gasteiger partial charge in [-0.3, -0.25) is 0 Å². The van der Waals surface area contributed by atoms with E-state index < -0.39 is 17.2 Å². The lowest BCUT2D eigenvalue weighted by Crippen LogP contribution is -2.17. The Balaban J connectivity index is 2.61. The molecule has 1 aromatic rings. The van der Waals surface area contributed by atoms with Crippen LogP contribution in [-0.4, -0.2) is 0 Å². The zero-order chi connectivity index (χ0) is 11.9. The predicted molar refractivity (Wildman–Crippen MR) is 56.6 cm³/mol. The van der Waals surface area contributed by atoms with Gasteiger partial charge in [0.1, 0.15) is 5.50 Å². The summed E-state index contributed by atoms with van der Waals surface area (Å²) < 4.78 is 37.6. The molecule has 2 rings (SSSR count). The molecule has 0 saturated heterocycles. The van der Waals surface area contributed by atoms with E-state index in [4.69, 9.17) is 17.3 Å². The molecule has 1 unspecified atom stereocenters. The van der Waals surface area contributed by atoms with E-state index in [-0.39, 0.29) is 5.69 Å². The minimum Gasteiger partial charge on any atom is -0.398 e. The van der Waals surface area contributed by atoms with Gasteiger partial charge >= 0.3 is 6.18 Å². The molecule has 0 radical (unpaired) electrons. The van der Waals surface area contributed by atoms with E-state index >= 15 is 0 Å². The van der Waals surface area contributed by atoms with E-state index in [2.05, 4.69) is 5.32 Å². The standard InChI is InChI=1S/C10H8ClF3N2/c11-9-7-3-5(10(12,13)14)4-8(15)6(7)1-2-16-9/h1-4,9,16H,15H2. The Bertz CT molecular complexity index is 454. The fourth-order valence-electron chi connectivity index (χ4n) is 1.57. The Morgan fingerprint density at radius 1 is 1.31 bits per heavy atom. The molecule has 1 heterocycles. The van der Waals surface area contributed by atoms with Crippen LogP contribution < -0.4 is 11.1 Å². The van der Waals surface area contributed by atoms with Crippen LogP contribution in [0.1, 0.15) is 22.2 Å². The molecule has 0 spiro atoms. The molecule has 1 aromatic carbocycles. The van der Waals surface area contributed by atoms with Crippen molar-refractivity contribution in [2.75, 3.05) is 5.73 Å². The maximum atomic E-state index is 12.5. The fourth-order valence-corrected chi connectivity index (χ4v) is 1.82. The molecule has 1 aliphatic rings. The second-order valence-electron chi connectivity index (χ2n) is 3.43. The van der Waals surface area contributed by atoms with E-state index in [1.165, 1.54) is 0 Å². The van der Waals surface area contributed by atoms with Gasteiger partial charge in [0.05, 0.1) is 5.56 Å². The number of anilines is 1. The summed E-state index contributed by atoms with van der Waals surface area (Å²) in [6.07, 6.45) is -1.26. The van der Waals surface area contributed by atoms with Gasteiger partial charge in [-0.05, 0) is 30.0 Å². The summed E-state index contributed by atoms with van der Waals surface area (Å²) in [7, 11) is 0. The summed E-state index contributed by atoms with van der Waals surface area (Å²) in [5, 5.41) is 2.71. The summed E-state index contributed by atoms with van der Waals surface area (Å²) >= 11 is 5.86. The van der Waals surface area contributed by atoms with Gasteiger partial charge < -0.3 is 11.1 Å². The van der Waals surface area contributed by atoms with Crippen LogP contribution in [0.5, 0.6) is 0 Å². The number of alkyl halides is 4. The van der Waals surface area contributed by atoms with Crippen molar-refractivity contribution in [1.29, 1.82) is 0 Å². The molecule has 1 aliphatic heterocycles. The molecule has 0 amide bonds. The molecule has 0 fully saturated rings. The first-order chi connectivity index (χ1) is 7.39. The van der Waals surface area contributed by atoms with E-state index in [0.29, 0.717) is 11.1 Å². The normalized spacial score (nSPS) is 19.1. The highest BCUT2D eigenvalue weighted by molar-refractivity contribution is 6.21. The first kappa shape index (κ1) is 11.1. The van der Waals surface area contributed by atoms with Crippen molar-refractivity contribution < 1.29 is 13.2 Å². The first-order valence-electron chi connectivity index (χ1n) is 4.47. The molecule has 0 saturated carbocycles. The predicted octanol–water partition coefficient (Wildman–Crippen LogP) is 3.10. The van der Waals surface area contributed by atoms with E-state index in [9.17, 15) is 13.2 Å². The molecule has 0 aliphatic carbocycles. The van der Waals surface area contributed by atoms with Crippen LogP contribution in [0.2, 0.25) is 0 Å². The third kappa shape index (κ3) is 1.82. The van der Waals surface area contributed by atoms with Crippen LogP contribution >= 0.6 is 11.6 Å². The molecule has 2 nitrogen and oxygen atoms in total. The van der Waals surface area contributed by atoms with Crippen molar-refractivity contribution in [2.45, 2.75) is 11.7 Å². The Hall–Kier alpha value is -1.36. The fraction of sp³-hybridized carbons (Fsp3) is 0.200. The molecule has 86 valence electrons. The quantitative estimate of drug-likeness (QED) is 0.421. The molecule has 0 bridgehead atoms. The smallest absolute Gasteiger partial charge is 0.398 e. The average molecular weight is 249 g/mol. The van der Waals surface area contributed by atoms with Crippen LogP contribution in [0, 0.1) is 0 Å². The van der Waals surface area contributed by atoms with Gasteiger partial charge in [0, 0.05) is 11.3 Å². The highest BCUT2D eigenvalue weighted by Crippen LogP contribution is 2.37. The highest BCUT2D eigenvalue weighted by atomic mass is 35.5. The number of halogens is 4. The van der Waals surface area contributed by atoms with Gasteiger partial charge in [-0.2, -0.15) is 13.2 Å². The molecule has 16 heavy (non-hydrogen) atoms. The third-order valence-electron chi connectivity index (χ3n) is 2.34. The topological polar surface area (TPSA) is 38.0 Å². The lowest BCUT2D eigenvalue weighted by atomic mass is 9.99. The highest BCUT2D eigenvalue weighted by Gasteiger charge is 2.32. The number of benzene rings is 1. The monoisotopic (exact) mass is 248 g/mol. The largest absolute Gasteiger partial charge is 0.416 e. The number of hydrogen-bond donors (Lipinski definition) is 2. The Morgan fingerprint density at radius 3 is 2.62 bits per heavy atom. The Kier molecular flexibility index (Phi) is 2.50. The minimum atomic E-state index is -4.42. The summed E-state index contributed by atoms with van der Waals surface area (Å²) in [6, 6.07) is 1.93. The van der Waals surface area contributed by atoms with Crippen LogP contribution in [-0.2, 0) is 6.18 Å². The lowest BCUT2D eigenvalue weighted by molar-refractivity contribution is -0.137. The SMILES string of the molecule is Nc1cc(C(F)(F)F)cc2c1C=CNC2Cl. The number of nitrogens with one attached hydrogen (secondary N) is 1. The molecular formula is C10H8ClF3N2. The molecule has 6 heteroatoms. The second kappa shape index (κ2) is 3.59. The number of nitrogens with two attached hydrogens (primary N) is 1. The minimum absolute atomic E-state index is 0.0771. The molecule has 0 aromatic heterocycles. The van der Waals surface area contributed by atoms with Crippen molar-refractivity contribution in [3.8, 4) is 0 Å². The van der Waals surface area contributed by atoms with Crippen molar-refractivity contribution in [3.05, 3.63) is 35.0 Å². The van der Waals surface area contributed by atoms with Crippen LogP contribution in [0.4, 0.5) is 18.9 Å².